The predicted molar refractivity (Wildman–Crippen MR) is 112 cm³/mol. The van der Waals surface area contributed by atoms with Crippen LogP contribution in [-0.2, 0) is 19.0 Å². The number of hydrogen-bond acceptors (Lipinski definition) is 4. The van der Waals surface area contributed by atoms with Crippen molar-refractivity contribution in [3.8, 4) is 5.75 Å². The minimum absolute atomic E-state index is 0.324. The fourth-order valence-corrected chi connectivity index (χ4v) is 3.84. The van der Waals surface area contributed by atoms with Crippen LogP contribution in [0.4, 0.5) is 13.2 Å². The SMILES string of the molecule is CC(C)c1ccc(OC(C)c2nnc(SCc3cccc(C(F)(F)F)c3)n2C)cc1. The van der Waals surface area contributed by atoms with Crippen LogP contribution in [0.25, 0.3) is 0 Å². The van der Waals surface area contributed by atoms with Gasteiger partial charge in [-0.2, -0.15) is 13.2 Å². The second-order valence-corrected chi connectivity index (χ2v) is 8.31. The zero-order chi connectivity index (χ0) is 21.9. The first-order valence-electron chi connectivity index (χ1n) is 9.60. The van der Waals surface area contributed by atoms with Gasteiger partial charge in [0.2, 0.25) is 0 Å². The Hall–Kier alpha value is -2.48. The molecular weight excluding hydrogens is 411 g/mol. The third-order valence-corrected chi connectivity index (χ3v) is 5.81. The van der Waals surface area contributed by atoms with Crippen LogP contribution in [0.1, 0.15) is 55.3 Å². The average Bonchev–Trinajstić information content (AvgIpc) is 3.07. The van der Waals surface area contributed by atoms with Crippen LogP contribution in [0.2, 0.25) is 0 Å². The van der Waals surface area contributed by atoms with Gasteiger partial charge in [0.15, 0.2) is 17.1 Å². The zero-order valence-electron chi connectivity index (χ0n) is 17.3. The molecule has 0 N–H and O–H groups in total. The fourth-order valence-electron chi connectivity index (χ4n) is 2.98. The summed E-state index contributed by atoms with van der Waals surface area (Å²) in [4.78, 5) is 0. The van der Waals surface area contributed by atoms with Gasteiger partial charge in [-0.25, -0.2) is 0 Å². The maximum Gasteiger partial charge on any atom is 0.416 e. The molecule has 3 aromatic rings. The van der Waals surface area contributed by atoms with Crippen molar-refractivity contribution in [1.29, 1.82) is 0 Å². The van der Waals surface area contributed by atoms with Crippen LogP contribution in [0.3, 0.4) is 0 Å². The molecule has 3 rings (SSSR count). The molecular formula is C22H24F3N3OS. The highest BCUT2D eigenvalue weighted by atomic mass is 32.2. The molecule has 0 aliphatic heterocycles. The minimum Gasteiger partial charge on any atom is -0.483 e. The first-order valence-corrected chi connectivity index (χ1v) is 10.6. The molecule has 0 amide bonds. The van der Waals surface area contributed by atoms with Crippen molar-refractivity contribution in [3.05, 3.63) is 71.0 Å². The molecule has 2 aromatic carbocycles. The zero-order valence-corrected chi connectivity index (χ0v) is 18.1. The topological polar surface area (TPSA) is 39.9 Å². The van der Waals surface area contributed by atoms with E-state index >= 15 is 0 Å². The minimum atomic E-state index is -4.35. The number of rotatable bonds is 7. The molecule has 1 unspecified atom stereocenters. The van der Waals surface area contributed by atoms with Gasteiger partial charge in [0.25, 0.3) is 0 Å². The maximum atomic E-state index is 12.9. The molecule has 0 spiro atoms. The standard InChI is InChI=1S/C22H24F3N3OS/c1-14(2)17-8-10-19(11-9-17)29-15(3)20-26-27-21(28(20)4)30-13-16-6-5-7-18(12-16)22(23,24)25/h5-12,14-15H,13H2,1-4H3. The number of benzene rings is 2. The van der Waals surface area contributed by atoms with E-state index in [0.717, 1.165) is 17.9 Å². The van der Waals surface area contributed by atoms with Crippen LogP contribution in [0.5, 0.6) is 5.75 Å². The summed E-state index contributed by atoms with van der Waals surface area (Å²) >= 11 is 1.34. The summed E-state index contributed by atoms with van der Waals surface area (Å²) in [5, 5.41) is 9.01. The number of hydrogen-bond donors (Lipinski definition) is 0. The smallest absolute Gasteiger partial charge is 0.416 e. The lowest BCUT2D eigenvalue weighted by Crippen LogP contribution is -2.10. The lowest BCUT2D eigenvalue weighted by molar-refractivity contribution is -0.137. The van der Waals surface area contributed by atoms with Crippen molar-refractivity contribution in [2.75, 3.05) is 0 Å². The van der Waals surface area contributed by atoms with Crippen molar-refractivity contribution >= 4 is 11.8 Å². The highest BCUT2D eigenvalue weighted by molar-refractivity contribution is 7.98. The van der Waals surface area contributed by atoms with E-state index in [4.69, 9.17) is 4.74 Å². The molecule has 1 aromatic heterocycles. The number of halogens is 3. The summed E-state index contributed by atoms with van der Waals surface area (Å²) in [6.45, 7) is 6.16. The van der Waals surface area contributed by atoms with E-state index in [1.54, 1.807) is 6.07 Å². The molecule has 0 fully saturated rings. The van der Waals surface area contributed by atoms with Crippen LogP contribution < -0.4 is 4.74 Å². The number of aromatic nitrogens is 3. The van der Waals surface area contributed by atoms with Gasteiger partial charge in [0, 0.05) is 12.8 Å². The Morgan fingerprint density at radius 3 is 2.37 bits per heavy atom. The molecule has 30 heavy (non-hydrogen) atoms. The largest absolute Gasteiger partial charge is 0.483 e. The van der Waals surface area contributed by atoms with E-state index < -0.39 is 11.7 Å². The highest BCUT2D eigenvalue weighted by Crippen LogP contribution is 2.31. The third kappa shape index (κ3) is 5.36. The maximum absolute atomic E-state index is 12.9. The van der Waals surface area contributed by atoms with Crippen molar-refractivity contribution in [2.45, 2.75) is 49.9 Å². The molecule has 0 saturated heterocycles. The molecule has 160 valence electrons. The monoisotopic (exact) mass is 435 g/mol. The van der Waals surface area contributed by atoms with Crippen LogP contribution >= 0.6 is 11.8 Å². The molecule has 0 saturated carbocycles. The predicted octanol–water partition coefficient (Wildman–Crippen LogP) is 6.39. The number of alkyl halides is 3. The number of nitrogens with zero attached hydrogens (tertiary/aromatic N) is 3. The molecule has 0 bridgehead atoms. The summed E-state index contributed by atoms with van der Waals surface area (Å²) < 4.78 is 46.4. The van der Waals surface area contributed by atoms with E-state index in [2.05, 4.69) is 24.0 Å². The first-order chi connectivity index (χ1) is 14.1. The van der Waals surface area contributed by atoms with Crippen molar-refractivity contribution in [1.82, 2.24) is 14.8 Å². The fraction of sp³-hybridized carbons (Fsp3) is 0.364. The molecule has 1 heterocycles. The second-order valence-electron chi connectivity index (χ2n) is 7.37. The summed E-state index contributed by atoms with van der Waals surface area (Å²) in [6.07, 6.45) is -4.67. The van der Waals surface area contributed by atoms with Gasteiger partial charge in [-0.1, -0.05) is 55.9 Å². The van der Waals surface area contributed by atoms with Crippen molar-refractivity contribution in [3.63, 3.8) is 0 Å². The van der Waals surface area contributed by atoms with Gasteiger partial charge in [-0.05, 0) is 42.2 Å². The first kappa shape index (κ1) is 22.2. The Labute approximate surface area is 178 Å². The Bertz CT molecular complexity index is 984. The average molecular weight is 436 g/mol. The normalized spacial score (nSPS) is 12.9. The van der Waals surface area contributed by atoms with Gasteiger partial charge in [-0.3, -0.25) is 0 Å². The van der Waals surface area contributed by atoms with Crippen molar-refractivity contribution in [2.24, 2.45) is 7.05 Å². The van der Waals surface area contributed by atoms with E-state index in [0.29, 0.717) is 28.2 Å². The van der Waals surface area contributed by atoms with E-state index in [1.165, 1.54) is 23.4 Å². The summed E-state index contributed by atoms with van der Waals surface area (Å²) in [7, 11) is 1.82. The van der Waals surface area contributed by atoms with Crippen LogP contribution in [0.15, 0.2) is 53.7 Å². The number of thioether (sulfide) groups is 1. The third-order valence-electron chi connectivity index (χ3n) is 4.71. The van der Waals surface area contributed by atoms with E-state index in [1.807, 2.05) is 42.8 Å². The van der Waals surface area contributed by atoms with Gasteiger partial charge in [-0.15, -0.1) is 10.2 Å². The quantitative estimate of drug-likeness (QED) is 0.403. The summed E-state index contributed by atoms with van der Waals surface area (Å²) in [5.41, 5.74) is 1.17. The lowest BCUT2D eigenvalue weighted by Gasteiger charge is -2.15. The lowest BCUT2D eigenvalue weighted by atomic mass is 10.0. The molecule has 0 aliphatic rings. The molecule has 0 aliphatic carbocycles. The molecule has 1 atom stereocenters. The highest BCUT2D eigenvalue weighted by Gasteiger charge is 2.30. The molecule has 4 nitrogen and oxygen atoms in total. The summed E-state index contributed by atoms with van der Waals surface area (Å²) in [6, 6.07) is 13.3. The second kappa shape index (κ2) is 9.12. The van der Waals surface area contributed by atoms with Gasteiger partial charge < -0.3 is 9.30 Å². The Kier molecular flexibility index (Phi) is 6.75. The summed E-state index contributed by atoms with van der Waals surface area (Å²) in [5.74, 6) is 2.20. The van der Waals surface area contributed by atoms with Crippen molar-refractivity contribution < 1.29 is 17.9 Å². The molecule has 8 heteroatoms. The van der Waals surface area contributed by atoms with Crippen LogP contribution in [-0.4, -0.2) is 14.8 Å². The van der Waals surface area contributed by atoms with Gasteiger partial charge >= 0.3 is 6.18 Å². The Morgan fingerprint density at radius 2 is 1.73 bits per heavy atom. The van der Waals surface area contributed by atoms with E-state index in [-0.39, 0.29) is 6.10 Å². The van der Waals surface area contributed by atoms with E-state index in [9.17, 15) is 13.2 Å². The van der Waals surface area contributed by atoms with Gasteiger partial charge in [0.1, 0.15) is 5.75 Å². The van der Waals surface area contributed by atoms with Gasteiger partial charge in [0.05, 0.1) is 5.56 Å². The molecule has 0 radical (unpaired) electrons. The van der Waals surface area contributed by atoms with Crippen LogP contribution in [0, 0.1) is 0 Å². The Morgan fingerprint density at radius 1 is 1.03 bits per heavy atom. The number of ether oxygens (including phenoxy) is 1. The Balaban J connectivity index is 1.65.